The van der Waals surface area contributed by atoms with E-state index in [4.69, 9.17) is 0 Å². The van der Waals surface area contributed by atoms with E-state index in [9.17, 15) is 13.2 Å². The van der Waals surface area contributed by atoms with Crippen LogP contribution in [0.15, 0.2) is 53.4 Å². The molecular weight excluding hydrogens is 430 g/mol. The van der Waals surface area contributed by atoms with Crippen LogP contribution in [0.4, 0.5) is 5.69 Å². The maximum Gasteiger partial charge on any atom is 0.243 e. The highest BCUT2D eigenvalue weighted by Crippen LogP contribution is 2.27. The standard InChI is InChI=1S/C23H27N3O3S2/c1-26(18-7-3-2-4-8-18)31(28,29)19-13-11-17(12-14-19)24-22(27)15-16-23-25-20-9-5-6-10-21(20)30-23/h5-6,9-14,18H,2-4,7-8,15-16H2,1H3,(H,24,27). The van der Waals surface area contributed by atoms with Crippen LogP contribution in [0.3, 0.4) is 0 Å². The number of rotatable bonds is 7. The summed E-state index contributed by atoms with van der Waals surface area (Å²) in [6, 6.07) is 14.4. The van der Waals surface area contributed by atoms with Crippen molar-refractivity contribution < 1.29 is 13.2 Å². The van der Waals surface area contributed by atoms with Gasteiger partial charge in [0.2, 0.25) is 15.9 Å². The van der Waals surface area contributed by atoms with E-state index in [1.54, 1.807) is 42.6 Å². The third-order valence-corrected chi connectivity index (χ3v) is 8.83. The Balaban J connectivity index is 1.34. The number of anilines is 1. The Morgan fingerprint density at radius 2 is 1.81 bits per heavy atom. The fourth-order valence-electron chi connectivity index (χ4n) is 3.99. The van der Waals surface area contributed by atoms with E-state index in [-0.39, 0.29) is 16.8 Å². The topological polar surface area (TPSA) is 79.4 Å². The van der Waals surface area contributed by atoms with Crippen LogP contribution in [-0.2, 0) is 21.2 Å². The highest BCUT2D eigenvalue weighted by Gasteiger charge is 2.28. The third kappa shape index (κ3) is 5.14. The van der Waals surface area contributed by atoms with Gasteiger partial charge in [0.25, 0.3) is 0 Å². The summed E-state index contributed by atoms with van der Waals surface area (Å²) in [6.07, 6.45) is 6.06. The molecule has 1 N–H and O–H groups in total. The van der Waals surface area contributed by atoms with E-state index < -0.39 is 10.0 Å². The Morgan fingerprint density at radius 3 is 2.52 bits per heavy atom. The molecule has 0 spiro atoms. The average molecular weight is 458 g/mol. The number of hydrogen-bond acceptors (Lipinski definition) is 5. The molecule has 0 aliphatic heterocycles. The quantitative estimate of drug-likeness (QED) is 0.552. The smallest absolute Gasteiger partial charge is 0.243 e. The summed E-state index contributed by atoms with van der Waals surface area (Å²) in [5.74, 6) is -0.116. The SMILES string of the molecule is CN(C1CCCCC1)S(=O)(=O)c1ccc(NC(=O)CCc2nc3ccccc3s2)cc1. The Labute approximate surface area is 187 Å². The molecule has 0 radical (unpaired) electrons. The lowest BCUT2D eigenvalue weighted by Crippen LogP contribution is -2.38. The number of amides is 1. The minimum absolute atomic E-state index is 0.0700. The number of aryl methyl sites for hydroxylation is 1. The van der Waals surface area contributed by atoms with Gasteiger partial charge in [-0.2, -0.15) is 4.31 Å². The molecule has 164 valence electrons. The van der Waals surface area contributed by atoms with Crippen molar-refractivity contribution in [3.8, 4) is 0 Å². The van der Waals surface area contributed by atoms with Gasteiger partial charge in [0.15, 0.2) is 0 Å². The molecule has 3 aromatic rings. The summed E-state index contributed by atoms with van der Waals surface area (Å²) in [5.41, 5.74) is 1.55. The first-order valence-electron chi connectivity index (χ1n) is 10.7. The Morgan fingerprint density at radius 1 is 1.10 bits per heavy atom. The monoisotopic (exact) mass is 457 g/mol. The van der Waals surface area contributed by atoms with Gasteiger partial charge in [-0.25, -0.2) is 13.4 Å². The molecule has 0 unspecified atom stereocenters. The molecule has 2 aromatic carbocycles. The number of aromatic nitrogens is 1. The van der Waals surface area contributed by atoms with Crippen molar-refractivity contribution in [1.29, 1.82) is 0 Å². The summed E-state index contributed by atoms with van der Waals surface area (Å²) in [7, 11) is -1.86. The van der Waals surface area contributed by atoms with Gasteiger partial charge in [0.05, 0.1) is 20.1 Å². The predicted molar refractivity (Wildman–Crippen MR) is 125 cm³/mol. The molecule has 0 saturated heterocycles. The lowest BCUT2D eigenvalue weighted by molar-refractivity contribution is -0.116. The van der Waals surface area contributed by atoms with Crippen molar-refractivity contribution >= 4 is 43.2 Å². The molecular formula is C23H27N3O3S2. The van der Waals surface area contributed by atoms with Crippen LogP contribution in [-0.4, -0.2) is 36.7 Å². The molecule has 1 aliphatic rings. The van der Waals surface area contributed by atoms with E-state index in [1.807, 2.05) is 24.3 Å². The second kappa shape index (κ2) is 9.46. The molecule has 8 heteroatoms. The summed E-state index contributed by atoms with van der Waals surface area (Å²) in [4.78, 5) is 17.1. The number of hydrogen-bond donors (Lipinski definition) is 1. The van der Waals surface area contributed by atoms with E-state index >= 15 is 0 Å². The number of nitrogens with zero attached hydrogens (tertiary/aromatic N) is 2. The Hall–Kier alpha value is -2.29. The minimum Gasteiger partial charge on any atom is -0.326 e. The molecule has 1 amide bonds. The first kappa shape index (κ1) is 21.9. The zero-order valence-corrected chi connectivity index (χ0v) is 19.2. The number of nitrogens with one attached hydrogen (secondary N) is 1. The minimum atomic E-state index is -3.53. The van der Waals surface area contributed by atoms with Crippen LogP contribution in [0, 0.1) is 0 Å². The molecule has 1 saturated carbocycles. The van der Waals surface area contributed by atoms with Crippen molar-refractivity contribution in [2.75, 3.05) is 12.4 Å². The molecule has 0 bridgehead atoms. The van der Waals surface area contributed by atoms with Gasteiger partial charge in [-0.05, 0) is 49.2 Å². The van der Waals surface area contributed by atoms with Crippen molar-refractivity contribution in [3.05, 3.63) is 53.5 Å². The van der Waals surface area contributed by atoms with Crippen LogP contribution < -0.4 is 5.32 Å². The zero-order valence-electron chi connectivity index (χ0n) is 17.6. The van der Waals surface area contributed by atoms with Crippen LogP contribution >= 0.6 is 11.3 Å². The van der Waals surface area contributed by atoms with Gasteiger partial charge in [0, 0.05) is 31.6 Å². The van der Waals surface area contributed by atoms with Crippen LogP contribution in [0.5, 0.6) is 0 Å². The summed E-state index contributed by atoms with van der Waals surface area (Å²) >= 11 is 1.60. The first-order chi connectivity index (χ1) is 14.9. The molecule has 1 fully saturated rings. The summed E-state index contributed by atoms with van der Waals surface area (Å²) in [6.45, 7) is 0. The number of carbonyl (C=O) groups excluding carboxylic acids is 1. The van der Waals surface area contributed by atoms with E-state index in [2.05, 4.69) is 10.3 Å². The fraction of sp³-hybridized carbons (Fsp3) is 0.391. The summed E-state index contributed by atoms with van der Waals surface area (Å²) in [5, 5.41) is 3.78. The number of carbonyl (C=O) groups is 1. The zero-order chi connectivity index (χ0) is 21.8. The van der Waals surface area contributed by atoms with E-state index in [0.717, 1.165) is 40.9 Å². The van der Waals surface area contributed by atoms with E-state index in [1.165, 1.54) is 10.7 Å². The van der Waals surface area contributed by atoms with Gasteiger partial charge < -0.3 is 5.32 Å². The number of fused-ring (bicyclic) bond motifs is 1. The van der Waals surface area contributed by atoms with Crippen LogP contribution in [0.1, 0.15) is 43.5 Å². The first-order valence-corrected chi connectivity index (χ1v) is 12.9. The van der Waals surface area contributed by atoms with Gasteiger partial charge in [-0.15, -0.1) is 11.3 Å². The lowest BCUT2D eigenvalue weighted by Gasteiger charge is -2.30. The lowest BCUT2D eigenvalue weighted by atomic mass is 9.96. The summed E-state index contributed by atoms with van der Waals surface area (Å²) < 4.78 is 28.5. The molecule has 1 aromatic heterocycles. The molecule has 1 heterocycles. The number of benzene rings is 2. The van der Waals surface area contributed by atoms with Crippen molar-refractivity contribution in [2.45, 2.75) is 55.9 Å². The second-order valence-electron chi connectivity index (χ2n) is 7.96. The second-order valence-corrected chi connectivity index (χ2v) is 11.1. The van der Waals surface area contributed by atoms with Crippen molar-refractivity contribution in [2.24, 2.45) is 0 Å². The highest BCUT2D eigenvalue weighted by atomic mass is 32.2. The molecule has 6 nitrogen and oxygen atoms in total. The predicted octanol–water partition coefficient (Wildman–Crippen LogP) is 4.82. The molecule has 0 atom stereocenters. The van der Waals surface area contributed by atoms with Gasteiger partial charge in [-0.3, -0.25) is 4.79 Å². The average Bonchev–Trinajstić information content (AvgIpc) is 3.21. The number of sulfonamides is 1. The Bertz CT molecular complexity index is 1120. The van der Waals surface area contributed by atoms with Gasteiger partial charge >= 0.3 is 0 Å². The van der Waals surface area contributed by atoms with Crippen LogP contribution in [0.2, 0.25) is 0 Å². The van der Waals surface area contributed by atoms with Crippen molar-refractivity contribution in [1.82, 2.24) is 9.29 Å². The van der Waals surface area contributed by atoms with Crippen LogP contribution in [0.25, 0.3) is 10.2 Å². The molecule has 1 aliphatic carbocycles. The van der Waals surface area contributed by atoms with E-state index in [0.29, 0.717) is 18.5 Å². The largest absolute Gasteiger partial charge is 0.326 e. The maximum absolute atomic E-state index is 12.9. The normalized spacial score (nSPS) is 15.4. The maximum atomic E-state index is 12.9. The third-order valence-electron chi connectivity index (χ3n) is 5.81. The molecule has 31 heavy (non-hydrogen) atoms. The Kier molecular flexibility index (Phi) is 6.69. The van der Waals surface area contributed by atoms with Crippen molar-refractivity contribution in [3.63, 3.8) is 0 Å². The van der Waals surface area contributed by atoms with Gasteiger partial charge in [0.1, 0.15) is 0 Å². The van der Waals surface area contributed by atoms with Gasteiger partial charge in [-0.1, -0.05) is 31.4 Å². The number of thiazole rings is 1. The highest BCUT2D eigenvalue weighted by molar-refractivity contribution is 7.89. The fourth-order valence-corrected chi connectivity index (χ4v) is 6.37. The number of para-hydroxylation sites is 1. The molecule has 4 rings (SSSR count).